The predicted molar refractivity (Wildman–Crippen MR) is 60.3 cm³/mol. The average molecular weight is 242 g/mol. The summed E-state index contributed by atoms with van der Waals surface area (Å²) in [4.78, 5) is 22.9. The van der Waals surface area contributed by atoms with Crippen LogP contribution in [0.2, 0.25) is 5.02 Å². The van der Waals surface area contributed by atoms with Gasteiger partial charge in [-0.3, -0.25) is 4.79 Å². The molecule has 0 saturated heterocycles. The van der Waals surface area contributed by atoms with Crippen LogP contribution in [0.1, 0.15) is 18.5 Å². The molecule has 0 aliphatic carbocycles. The Balaban J connectivity index is 2.85. The van der Waals surface area contributed by atoms with Crippen LogP contribution in [0.25, 0.3) is 0 Å². The van der Waals surface area contributed by atoms with Crippen LogP contribution in [0.3, 0.4) is 0 Å². The van der Waals surface area contributed by atoms with Gasteiger partial charge in [0.05, 0.1) is 6.04 Å². The fourth-order valence-electron chi connectivity index (χ4n) is 1.29. The Morgan fingerprint density at radius 2 is 1.81 bits per heavy atom. The summed E-state index contributed by atoms with van der Waals surface area (Å²) in [5.41, 5.74) is 0.835. The molecule has 4 nitrogen and oxygen atoms in total. The number of carboxylic acids is 1. The zero-order valence-corrected chi connectivity index (χ0v) is 9.73. The number of aliphatic carboxylic acids is 1. The van der Waals surface area contributed by atoms with E-state index in [9.17, 15) is 9.59 Å². The molecular formula is C11H12ClNO3. The van der Waals surface area contributed by atoms with E-state index in [1.807, 2.05) is 0 Å². The van der Waals surface area contributed by atoms with Crippen molar-refractivity contribution in [1.29, 1.82) is 0 Å². The maximum atomic E-state index is 11.2. The molecule has 86 valence electrons. The van der Waals surface area contributed by atoms with E-state index in [1.165, 1.54) is 11.9 Å². The lowest BCUT2D eigenvalue weighted by molar-refractivity contribution is -0.156. The van der Waals surface area contributed by atoms with Crippen molar-refractivity contribution in [1.82, 2.24) is 4.90 Å². The summed E-state index contributed by atoms with van der Waals surface area (Å²) in [6.45, 7) is 1.75. The van der Waals surface area contributed by atoms with Crippen LogP contribution in [0.5, 0.6) is 0 Å². The van der Waals surface area contributed by atoms with E-state index < -0.39 is 11.9 Å². The minimum atomic E-state index is -1.46. The average Bonchev–Trinajstić information content (AvgIpc) is 2.27. The first-order chi connectivity index (χ1) is 7.43. The third-order valence-electron chi connectivity index (χ3n) is 2.44. The largest absolute Gasteiger partial charge is 0.474 e. The molecule has 0 heterocycles. The van der Waals surface area contributed by atoms with Gasteiger partial charge in [-0.1, -0.05) is 23.7 Å². The second-order valence-corrected chi connectivity index (χ2v) is 3.89. The molecule has 1 aromatic rings. The Morgan fingerprint density at radius 1 is 1.31 bits per heavy atom. The first-order valence-corrected chi connectivity index (χ1v) is 5.07. The Bertz CT molecular complexity index is 402. The fourth-order valence-corrected chi connectivity index (χ4v) is 1.42. The number of likely N-dealkylation sites (N-methyl/N-ethyl adjacent to an activating group) is 1. The second-order valence-electron chi connectivity index (χ2n) is 3.45. The van der Waals surface area contributed by atoms with Gasteiger partial charge < -0.3 is 10.0 Å². The Hall–Kier alpha value is -1.55. The topological polar surface area (TPSA) is 57.6 Å². The molecule has 0 aromatic heterocycles. The first kappa shape index (κ1) is 12.5. The molecule has 1 rings (SSSR count). The molecular weight excluding hydrogens is 230 g/mol. The molecule has 0 bridgehead atoms. The number of carbonyl (C=O) groups excluding carboxylic acids is 1. The van der Waals surface area contributed by atoms with Crippen LogP contribution in [-0.4, -0.2) is 28.9 Å². The van der Waals surface area contributed by atoms with E-state index in [-0.39, 0.29) is 6.04 Å². The van der Waals surface area contributed by atoms with Gasteiger partial charge in [0.2, 0.25) is 0 Å². The molecule has 0 aliphatic heterocycles. The van der Waals surface area contributed by atoms with Crippen LogP contribution < -0.4 is 0 Å². The number of halogens is 1. The lowest BCUT2D eigenvalue weighted by atomic mass is 10.1. The van der Waals surface area contributed by atoms with E-state index in [0.717, 1.165) is 5.56 Å². The Morgan fingerprint density at radius 3 is 2.25 bits per heavy atom. The molecule has 5 heteroatoms. The summed E-state index contributed by atoms with van der Waals surface area (Å²) < 4.78 is 0. The number of hydrogen-bond donors (Lipinski definition) is 1. The maximum absolute atomic E-state index is 11.2. The quantitative estimate of drug-likeness (QED) is 0.805. The van der Waals surface area contributed by atoms with Crippen LogP contribution in [-0.2, 0) is 9.59 Å². The maximum Gasteiger partial charge on any atom is 0.394 e. The van der Waals surface area contributed by atoms with Gasteiger partial charge >= 0.3 is 11.9 Å². The van der Waals surface area contributed by atoms with Crippen molar-refractivity contribution < 1.29 is 14.7 Å². The second kappa shape index (κ2) is 4.99. The van der Waals surface area contributed by atoms with Gasteiger partial charge in [-0.05, 0) is 24.6 Å². The van der Waals surface area contributed by atoms with Crippen molar-refractivity contribution in [3.05, 3.63) is 34.9 Å². The molecule has 1 N–H and O–H groups in total. The van der Waals surface area contributed by atoms with Crippen LogP contribution in [0, 0.1) is 0 Å². The van der Waals surface area contributed by atoms with Gasteiger partial charge in [-0.15, -0.1) is 0 Å². The highest BCUT2D eigenvalue weighted by Crippen LogP contribution is 2.20. The van der Waals surface area contributed by atoms with E-state index in [0.29, 0.717) is 5.02 Å². The summed E-state index contributed by atoms with van der Waals surface area (Å²) in [5, 5.41) is 9.18. The van der Waals surface area contributed by atoms with Gasteiger partial charge in [0.25, 0.3) is 0 Å². The smallest absolute Gasteiger partial charge is 0.394 e. The third kappa shape index (κ3) is 2.73. The van der Waals surface area contributed by atoms with E-state index in [4.69, 9.17) is 16.7 Å². The zero-order valence-electron chi connectivity index (χ0n) is 8.98. The van der Waals surface area contributed by atoms with Crippen molar-refractivity contribution in [2.45, 2.75) is 13.0 Å². The summed E-state index contributed by atoms with van der Waals surface area (Å²) in [6, 6.07) is 6.62. The normalized spacial score (nSPS) is 11.9. The van der Waals surface area contributed by atoms with E-state index in [1.54, 1.807) is 31.2 Å². The lowest BCUT2D eigenvalue weighted by Crippen LogP contribution is -2.35. The molecule has 1 aromatic carbocycles. The monoisotopic (exact) mass is 241 g/mol. The number of amides is 1. The Labute approximate surface area is 98.4 Å². The molecule has 0 radical (unpaired) electrons. The van der Waals surface area contributed by atoms with E-state index >= 15 is 0 Å². The molecule has 0 spiro atoms. The molecule has 0 aliphatic rings. The van der Waals surface area contributed by atoms with Crippen molar-refractivity contribution in [3.8, 4) is 0 Å². The van der Waals surface area contributed by atoms with Gasteiger partial charge in [0, 0.05) is 12.1 Å². The first-order valence-electron chi connectivity index (χ1n) is 4.69. The van der Waals surface area contributed by atoms with Gasteiger partial charge in [-0.2, -0.15) is 0 Å². The van der Waals surface area contributed by atoms with Crippen molar-refractivity contribution in [2.75, 3.05) is 7.05 Å². The molecule has 0 fully saturated rings. The van der Waals surface area contributed by atoms with Crippen LogP contribution in [0.4, 0.5) is 0 Å². The van der Waals surface area contributed by atoms with Crippen molar-refractivity contribution in [3.63, 3.8) is 0 Å². The predicted octanol–water partition coefficient (Wildman–Crippen LogP) is 1.94. The van der Waals surface area contributed by atoms with Crippen molar-refractivity contribution >= 4 is 23.5 Å². The van der Waals surface area contributed by atoms with Crippen LogP contribution >= 0.6 is 11.6 Å². The van der Waals surface area contributed by atoms with E-state index in [2.05, 4.69) is 0 Å². The number of rotatable bonds is 2. The molecule has 1 unspecified atom stereocenters. The zero-order chi connectivity index (χ0) is 12.3. The molecule has 16 heavy (non-hydrogen) atoms. The third-order valence-corrected chi connectivity index (χ3v) is 2.69. The fraction of sp³-hybridized carbons (Fsp3) is 0.273. The molecule has 1 atom stereocenters. The summed E-state index contributed by atoms with van der Waals surface area (Å²) in [6.07, 6.45) is 0. The standard InChI is InChI=1S/C11H12ClNO3/c1-7(13(2)10(14)11(15)16)8-3-5-9(12)6-4-8/h3-7H,1-2H3,(H,15,16). The highest BCUT2D eigenvalue weighted by molar-refractivity contribution is 6.31. The minimum Gasteiger partial charge on any atom is -0.474 e. The Kier molecular flexibility index (Phi) is 3.90. The van der Waals surface area contributed by atoms with Crippen LogP contribution in [0.15, 0.2) is 24.3 Å². The molecule has 1 amide bonds. The van der Waals surface area contributed by atoms with Crippen molar-refractivity contribution in [2.24, 2.45) is 0 Å². The SMILES string of the molecule is CC(c1ccc(Cl)cc1)N(C)C(=O)C(=O)O. The number of hydrogen-bond acceptors (Lipinski definition) is 2. The number of carbonyl (C=O) groups is 2. The van der Waals surface area contributed by atoms with Gasteiger partial charge in [0.1, 0.15) is 0 Å². The summed E-state index contributed by atoms with van der Waals surface area (Å²) >= 11 is 5.73. The highest BCUT2D eigenvalue weighted by atomic mass is 35.5. The highest BCUT2D eigenvalue weighted by Gasteiger charge is 2.22. The molecule has 0 saturated carbocycles. The summed E-state index contributed by atoms with van der Waals surface area (Å²) in [7, 11) is 1.45. The lowest BCUT2D eigenvalue weighted by Gasteiger charge is -2.23. The number of carboxylic acid groups (broad SMARTS) is 1. The summed E-state index contributed by atoms with van der Waals surface area (Å²) in [5.74, 6) is -2.38. The number of benzene rings is 1. The van der Waals surface area contributed by atoms with Gasteiger partial charge in [0.15, 0.2) is 0 Å². The minimum absolute atomic E-state index is 0.305. The van der Waals surface area contributed by atoms with Gasteiger partial charge in [-0.25, -0.2) is 4.79 Å². The number of nitrogens with zero attached hydrogens (tertiary/aromatic N) is 1.